The van der Waals surface area contributed by atoms with Crippen molar-refractivity contribution in [2.45, 2.75) is 85.0 Å². The maximum Gasteiger partial charge on any atom is 0.264 e. The number of ketones is 1. The molecule has 9 heteroatoms. The topological polar surface area (TPSA) is 104 Å². The van der Waals surface area contributed by atoms with E-state index in [1.54, 1.807) is 5.01 Å². The van der Waals surface area contributed by atoms with Crippen molar-refractivity contribution in [1.82, 2.24) is 4.58 Å². The zero-order chi connectivity index (χ0) is 41.0. The second kappa shape index (κ2) is 21.2. The van der Waals surface area contributed by atoms with Gasteiger partial charge in [-0.05, 0) is 85.0 Å². The van der Waals surface area contributed by atoms with E-state index in [0.29, 0.717) is 19.3 Å². The molecular formula is C49H59ClN3O4S+. The van der Waals surface area contributed by atoms with Gasteiger partial charge < -0.3 is 0 Å². The predicted octanol–water partition coefficient (Wildman–Crippen LogP) is 12.5. The Labute approximate surface area is 351 Å². The maximum absolute atomic E-state index is 10.8. The highest BCUT2D eigenvalue weighted by Crippen LogP contribution is 2.47. The Morgan fingerprint density at radius 2 is 1.34 bits per heavy atom. The quantitative estimate of drug-likeness (QED) is 0.0395. The van der Waals surface area contributed by atoms with E-state index in [-0.39, 0.29) is 35.3 Å². The molecule has 0 radical (unpaired) electrons. The molecule has 0 spiro atoms. The van der Waals surface area contributed by atoms with Crippen LogP contribution in [0.2, 0.25) is 0 Å². The Morgan fingerprint density at radius 1 is 0.759 bits per heavy atom. The molecule has 306 valence electrons. The number of unbranched alkanes of at least 4 members (excludes halogenated alkanes) is 3. The Kier molecular flexibility index (Phi) is 16.8. The van der Waals surface area contributed by atoms with Crippen molar-refractivity contribution in [2.75, 3.05) is 10.8 Å². The number of fused-ring (bicyclic) bond motifs is 4. The number of hydrogen-bond donors (Lipinski definition) is 2. The molecule has 3 N–H and O–H groups in total. The van der Waals surface area contributed by atoms with Gasteiger partial charge in [-0.3, -0.25) is 14.4 Å². The lowest BCUT2D eigenvalue weighted by Gasteiger charge is -2.23. The SMILES string of the molecule is CC(=O)C(C)CCCCS(=O)(=O)O.CCCCCC1(C)C(C)=[N+](c2ccccc2)c2ccc3ccccc3c21.Cl.NN(c1ccccc1)c1ccc2ccccc2c1. The number of halogens is 1. The predicted molar refractivity (Wildman–Crippen MR) is 248 cm³/mol. The summed E-state index contributed by atoms with van der Waals surface area (Å²) in [7, 11) is -3.83. The normalized spacial score (nSPS) is 15.0. The van der Waals surface area contributed by atoms with Crippen LogP contribution in [0.4, 0.5) is 22.7 Å². The number of hydrazine groups is 1. The fourth-order valence-corrected chi connectivity index (χ4v) is 8.15. The highest BCUT2D eigenvalue weighted by atomic mass is 35.5. The maximum atomic E-state index is 10.8. The number of para-hydroxylation sites is 2. The minimum atomic E-state index is -3.83. The van der Waals surface area contributed by atoms with Crippen molar-refractivity contribution in [3.8, 4) is 0 Å². The highest BCUT2D eigenvalue weighted by molar-refractivity contribution is 7.85. The zero-order valence-electron chi connectivity index (χ0n) is 34.5. The van der Waals surface area contributed by atoms with Gasteiger partial charge in [0.05, 0.1) is 22.5 Å². The van der Waals surface area contributed by atoms with Crippen LogP contribution in [0, 0.1) is 5.92 Å². The van der Waals surface area contributed by atoms with E-state index in [4.69, 9.17) is 10.4 Å². The van der Waals surface area contributed by atoms with Crippen molar-refractivity contribution in [1.29, 1.82) is 0 Å². The molecule has 2 unspecified atom stereocenters. The molecule has 58 heavy (non-hydrogen) atoms. The molecule has 0 saturated heterocycles. The Bertz CT molecular complexity index is 2400. The molecular weight excluding hydrogens is 762 g/mol. The molecule has 1 aliphatic rings. The Hall–Kier alpha value is -4.86. The van der Waals surface area contributed by atoms with Gasteiger partial charge in [0.15, 0.2) is 5.71 Å². The molecule has 0 amide bonds. The number of benzene rings is 6. The molecule has 1 aliphatic heterocycles. The second-order valence-electron chi connectivity index (χ2n) is 15.3. The zero-order valence-corrected chi connectivity index (χ0v) is 36.1. The third-order valence-electron chi connectivity index (χ3n) is 11.2. The lowest BCUT2D eigenvalue weighted by Crippen LogP contribution is -2.30. The molecule has 6 aromatic carbocycles. The van der Waals surface area contributed by atoms with Gasteiger partial charge >= 0.3 is 0 Å². The largest absolute Gasteiger partial charge is 0.300 e. The van der Waals surface area contributed by atoms with Crippen LogP contribution in [-0.2, 0) is 20.3 Å². The Balaban J connectivity index is 0.000000204. The summed E-state index contributed by atoms with van der Waals surface area (Å²) < 4.78 is 31.5. The van der Waals surface area contributed by atoms with Gasteiger partial charge in [-0.2, -0.15) is 13.0 Å². The van der Waals surface area contributed by atoms with Crippen LogP contribution in [0.1, 0.15) is 85.1 Å². The van der Waals surface area contributed by atoms with Crippen molar-refractivity contribution in [3.63, 3.8) is 0 Å². The standard InChI is InChI=1S/C25H28N.C16H14N2.C8H16O4S.ClH/c1-4-5-11-18-25(3)19(2)26(21-13-7-6-8-14-21)23-17-16-20-12-9-10-15-22(20)24(23)25;17-18(15-8-2-1-3-9-15)16-11-10-13-6-4-5-7-14(13)12-16;1-7(8(2)9)5-3-4-6-13(10,11)12;/h6-10,12-17H,4-5,11,18H2,1-3H3;1-12H,17H2;7H,3-6H2,1-2H3,(H,10,11,12);1H/q+1;;;. The summed E-state index contributed by atoms with van der Waals surface area (Å²) in [6.07, 6.45) is 6.79. The lowest BCUT2D eigenvalue weighted by molar-refractivity contribution is -0.120. The molecule has 0 aliphatic carbocycles. The number of carbonyl (C=O) groups is 1. The summed E-state index contributed by atoms with van der Waals surface area (Å²) in [5.74, 6) is 6.03. The first-order valence-corrected chi connectivity index (χ1v) is 21.7. The fourth-order valence-electron chi connectivity index (χ4n) is 7.58. The molecule has 0 bridgehead atoms. The number of carbonyl (C=O) groups excluding carboxylic acids is 1. The average Bonchev–Trinajstić information content (AvgIpc) is 3.45. The highest BCUT2D eigenvalue weighted by Gasteiger charge is 2.47. The van der Waals surface area contributed by atoms with Crippen molar-refractivity contribution >= 4 is 78.3 Å². The summed E-state index contributed by atoms with van der Waals surface area (Å²) in [6.45, 7) is 10.4. The third kappa shape index (κ3) is 11.6. The smallest absolute Gasteiger partial charge is 0.264 e. The molecule has 0 saturated carbocycles. The summed E-state index contributed by atoms with van der Waals surface area (Å²) in [4.78, 5) is 10.8. The van der Waals surface area contributed by atoms with Gasteiger partial charge in [0, 0.05) is 36.6 Å². The fraction of sp³-hybridized carbons (Fsp3) is 0.306. The monoisotopic (exact) mass is 820 g/mol. The van der Waals surface area contributed by atoms with Crippen LogP contribution < -0.4 is 15.4 Å². The molecule has 0 aromatic heterocycles. The van der Waals surface area contributed by atoms with Crippen LogP contribution >= 0.6 is 12.4 Å². The van der Waals surface area contributed by atoms with Crippen LogP contribution in [0.15, 0.2) is 140 Å². The van der Waals surface area contributed by atoms with Crippen molar-refractivity contribution in [2.24, 2.45) is 11.8 Å². The number of Topliss-reactive ketones (excluding diaryl/α,β-unsaturated/α-hetero) is 1. The first-order chi connectivity index (χ1) is 27.3. The molecule has 6 aromatic rings. The average molecular weight is 822 g/mol. The molecule has 1 heterocycles. The van der Waals surface area contributed by atoms with Crippen LogP contribution in [0.3, 0.4) is 0 Å². The first kappa shape index (κ1) is 45.8. The Morgan fingerprint density at radius 3 is 1.98 bits per heavy atom. The number of nitrogens with zero attached hydrogens (tertiary/aromatic N) is 2. The van der Waals surface area contributed by atoms with Gasteiger partial charge in [-0.1, -0.05) is 131 Å². The van der Waals surface area contributed by atoms with Gasteiger partial charge in [-0.25, -0.2) is 5.84 Å². The van der Waals surface area contributed by atoms with E-state index in [1.165, 1.54) is 76.8 Å². The van der Waals surface area contributed by atoms with Gasteiger partial charge in [0.25, 0.3) is 10.1 Å². The number of rotatable bonds is 13. The van der Waals surface area contributed by atoms with Crippen LogP contribution in [0.25, 0.3) is 21.5 Å². The summed E-state index contributed by atoms with van der Waals surface area (Å²) in [5.41, 5.74) is 7.63. The van der Waals surface area contributed by atoms with E-state index >= 15 is 0 Å². The molecule has 7 rings (SSSR count). The minimum Gasteiger partial charge on any atom is -0.300 e. The summed E-state index contributed by atoms with van der Waals surface area (Å²) in [6, 6.07) is 48.7. The first-order valence-electron chi connectivity index (χ1n) is 20.1. The molecule has 7 nitrogen and oxygen atoms in total. The van der Waals surface area contributed by atoms with Gasteiger partial charge in [0.1, 0.15) is 5.78 Å². The second-order valence-corrected chi connectivity index (χ2v) is 16.8. The lowest BCUT2D eigenvalue weighted by atomic mass is 9.74. The minimum absolute atomic E-state index is 0. The molecule has 2 atom stereocenters. The van der Waals surface area contributed by atoms with Crippen molar-refractivity contribution < 1.29 is 17.8 Å². The number of nitrogens with two attached hydrogens (primary N) is 1. The number of hydrogen-bond acceptors (Lipinski definition) is 5. The number of anilines is 2. The van der Waals surface area contributed by atoms with Crippen molar-refractivity contribution in [3.05, 3.63) is 145 Å². The van der Waals surface area contributed by atoms with E-state index < -0.39 is 10.1 Å². The van der Waals surface area contributed by atoms with Gasteiger partial charge in [-0.15, -0.1) is 12.4 Å². The van der Waals surface area contributed by atoms with E-state index in [2.05, 4.69) is 116 Å². The third-order valence-corrected chi connectivity index (χ3v) is 12.0. The summed E-state index contributed by atoms with van der Waals surface area (Å²) in [5, 5.41) is 6.87. The van der Waals surface area contributed by atoms with E-state index in [0.717, 1.165) is 11.4 Å². The van der Waals surface area contributed by atoms with Crippen LogP contribution in [-0.4, -0.2) is 30.2 Å². The van der Waals surface area contributed by atoms with Crippen LogP contribution in [0.5, 0.6) is 0 Å². The van der Waals surface area contributed by atoms with E-state index in [9.17, 15) is 13.2 Å². The van der Waals surface area contributed by atoms with E-state index in [1.807, 2.05) is 55.5 Å². The molecule has 0 fully saturated rings. The van der Waals surface area contributed by atoms with Gasteiger partial charge in [0.2, 0.25) is 11.4 Å². The summed E-state index contributed by atoms with van der Waals surface area (Å²) >= 11 is 0.